The maximum Gasteiger partial charge on any atom is -1.00 e. The van der Waals surface area contributed by atoms with Crippen LogP contribution in [0.1, 0.15) is 27.2 Å². The van der Waals surface area contributed by atoms with Gasteiger partial charge in [-0.3, -0.25) is 12.2 Å². The summed E-state index contributed by atoms with van der Waals surface area (Å²) in [5, 5.41) is 0. The average molecular weight is 348 g/mol. The molecule has 0 aromatic carbocycles. The molecule has 2 aliphatic rings. The molecule has 0 aliphatic heterocycles. The average Bonchev–Trinajstić information content (AvgIpc) is 2.85. The summed E-state index contributed by atoms with van der Waals surface area (Å²) in [5.74, 6) is 0.551. The Labute approximate surface area is 133 Å². The molecule has 17 heavy (non-hydrogen) atoms. The van der Waals surface area contributed by atoms with E-state index in [9.17, 15) is 0 Å². The molecule has 1 unspecified atom stereocenters. The Balaban J connectivity index is -0.000000192. The van der Waals surface area contributed by atoms with Crippen molar-refractivity contribution in [3.63, 3.8) is 0 Å². The van der Waals surface area contributed by atoms with Gasteiger partial charge in [0.15, 0.2) is 0 Å². The summed E-state index contributed by atoms with van der Waals surface area (Å²) in [4.78, 5) is 0. The molecule has 0 fully saturated rings. The third-order valence-corrected chi connectivity index (χ3v) is 2.12. The molecular formula is C14H18Cl2Zr-2. The summed E-state index contributed by atoms with van der Waals surface area (Å²) < 4.78 is 3.34. The largest absolute Gasteiger partial charge is 1.00 e. The monoisotopic (exact) mass is 346 g/mol. The second-order valence-electron chi connectivity index (χ2n) is 3.41. The molecule has 3 heteroatoms. The molecule has 0 aromatic rings. The van der Waals surface area contributed by atoms with Crippen LogP contribution >= 0.6 is 0 Å². The van der Waals surface area contributed by atoms with Gasteiger partial charge < -0.3 is 24.8 Å². The van der Waals surface area contributed by atoms with Gasteiger partial charge in [0.05, 0.1) is 0 Å². The molecule has 0 saturated heterocycles. The zero-order chi connectivity index (χ0) is 11.7. The molecule has 0 bridgehead atoms. The Morgan fingerprint density at radius 3 is 2.00 bits per heavy atom. The molecule has 0 N–H and O–H groups in total. The van der Waals surface area contributed by atoms with E-state index < -0.39 is 0 Å². The third-order valence-electron chi connectivity index (χ3n) is 2.12. The van der Waals surface area contributed by atoms with Crippen molar-refractivity contribution >= 4 is 4.21 Å². The van der Waals surface area contributed by atoms with Crippen molar-refractivity contribution in [3.05, 3.63) is 47.6 Å². The Hall–Kier alpha value is 0.293. The summed E-state index contributed by atoms with van der Waals surface area (Å²) in [6.07, 6.45) is 15.5. The van der Waals surface area contributed by atoms with E-state index in [2.05, 4.69) is 49.3 Å². The van der Waals surface area contributed by atoms with Crippen LogP contribution in [0.5, 0.6) is 0 Å². The minimum Gasteiger partial charge on any atom is -1.00 e. The predicted octanol–water partition coefficient (Wildman–Crippen LogP) is -2.39. The van der Waals surface area contributed by atoms with Gasteiger partial charge in [-0.15, -0.1) is 13.3 Å². The summed E-state index contributed by atoms with van der Waals surface area (Å²) in [7, 11) is 0. The molecule has 1 atom stereocenters. The van der Waals surface area contributed by atoms with Crippen molar-refractivity contribution in [3.8, 4) is 0 Å². The maximum absolute atomic E-state index is 3.34. The van der Waals surface area contributed by atoms with Crippen LogP contribution in [0.3, 0.4) is 0 Å². The number of rotatable bonds is 0. The quantitative estimate of drug-likeness (QED) is 0.429. The summed E-state index contributed by atoms with van der Waals surface area (Å²) in [6, 6.07) is 0. The first-order valence-electron chi connectivity index (χ1n) is 5.06. The van der Waals surface area contributed by atoms with Gasteiger partial charge in [-0.05, 0) is 0 Å². The first-order chi connectivity index (χ1) is 7.20. The number of hydrogen-bond acceptors (Lipinski definition) is 0. The molecule has 0 amide bonds. The van der Waals surface area contributed by atoms with E-state index in [-0.39, 0.29) is 24.8 Å². The van der Waals surface area contributed by atoms with Gasteiger partial charge in [-0.25, -0.2) is 23.3 Å². The number of hydrogen-bond donors (Lipinski definition) is 0. The van der Waals surface area contributed by atoms with Gasteiger partial charge in [0, 0.05) is 0 Å². The fourth-order valence-corrected chi connectivity index (χ4v) is 1.34. The van der Waals surface area contributed by atoms with Gasteiger partial charge in [-0.1, -0.05) is 19.8 Å². The van der Waals surface area contributed by atoms with E-state index >= 15 is 0 Å². The van der Waals surface area contributed by atoms with Crippen LogP contribution < -0.4 is 24.8 Å². The van der Waals surface area contributed by atoms with E-state index in [0.29, 0.717) is 5.92 Å². The summed E-state index contributed by atoms with van der Waals surface area (Å²) >= 11 is 1.30. The molecule has 0 aromatic heterocycles. The Morgan fingerprint density at radius 2 is 1.88 bits per heavy atom. The number of allylic oxidation sites excluding steroid dienone is 8. The zero-order valence-corrected chi connectivity index (χ0v) is 14.5. The molecular weight excluding hydrogens is 330 g/mol. The minimum absolute atomic E-state index is 0. The van der Waals surface area contributed by atoms with E-state index in [1.54, 1.807) is 0 Å². The topological polar surface area (TPSA) is 0 Å². The second-order valence-corrected chi connectivity index (χ2v) is 3.41. The normalized spacial score (nSPS) is 18.5. The first-order valence-corrected chi connectivity index (χ1v) is 6.80. The minimum atomic E-state index is 0. The summed E-state index contributed by atoms with van der Waals surface area (Å²) in [6.45, 7) is 6.39. The van der Waals surface area contributed by atoms with Crippen molar-refractivity contribution in [1.82, 2.24) is 0 Å². The second kappa shape index (κ2) is 14.4. The zero-order valence-electron chi connectivity index (χ0n) is 10.6. The van der Waals surface area contributed by atoms with Crippen molar-refractivity contribution in [1.29, 1.82) is 0 Å². The van der Waals surface area contributed by atoms with Gasteiger partial charge in [0.1, 0.15) is 0 Å². The van der Waals surface area contributed by atoms with Crippen LogP contribution in [0.4, 0.5) is 0 Å². The summed E-state index contributed by atoms with van der Waals surface area (Å²) in [5.41, 5.74) is 2.70. The molecule has 0 radical (unpaired) electrons. The van der Waals surface area contributed by atoms with E-state index in [1.807, 2.05) is 12.2 Å². The first kappa shape index (κ1) is 22.5. The van der Waals surface area contributed by atoms with Crippen molar-refractivity contribution in [2.24, 2.45) is 5.92 Å². The molecule has 0 heterocycles. The fourth-order valence-electron chi connectivity index (χ4n) is 1.34. The van der Waals surface area contributed by atoms with Crippen molar-refractivity contribution < 1.29 is 49.0 Å². The van der Waals surface area contributed by atoms with Gasteiger partial charge in [0.2, 0.25) is 0 Å². The van der Waals surface area contributed by atoms with Gasteiger partial charge >= 0.3 is 28.4 Å². The Morgan fingerprint density at radius 1 is 1.29 bits per heavy atom. The number of halogens is 2. The van der Waals surface area contributed by atoms with Crippen molar-refractivity contribution in [2.75, 3.05) is 0 Å². The van der Waals surface area contributed by atoms with Crippen LogP contribution in [-0.4, -0.2) is 4.21 Å². The van der Waals surface area contributed by atoms with Gasteiger partial charge in [0.25, 0.3) is 0 Å². The SMILES string of the molecule is CC1=[C-]C(C)C=C1C.[C-]1=CC=CC1.[CH2]=[Zr+2].[Cl-].[Cl-]. The smallest absolute Gasteiger partial charge is 1.00 e. The molecule has 2 rings (SSSR count). The van der Waals surface area contributed by atoms with Crippen LogP contribution in [0, 0.1) is 18.1 Å². The Kier molecular flexibility index (Phi) is 19.0. The van der Waals surface area contributed by atoms with Crippen LogP contribution in [0.15, 0.2) is 35.5 Å². The molecule has 0 saturated carbocycles. The van der Waals surface area contributed by atoms with Crippen LogP contribution in [0.25, 0.3) is 0 Å². The molecule has 2 aliphatic carbocycles. The Bertz CT molecular complexity index is 273. The van der Waals surface area contributed by atoms with Crippen LogP contribution in [-0.2, 0) is 24.2 Å². The van der Waals surface area contributed by atoms with E-state index in [0.717, 1.165) is 6.42 Å². The van der Waals surface area contributed by atoms with Crippen LogP contribution in [0.2, 0.25) is 0 Å². The van der Waals surface area contributed by atoms with Gasteiger partial charge in [-0.2, -0.15) is 12.2 Å². The molecule has 0 spiro atoms. The van der Waals surface area contributed by atoms with Crippen molar-refractivity contribution in [2.45, 2.75) is 27.2 Å². The van der Waals surface area contributed by atoms with E-state index in [1.165, 1.54) is 35.4 Å². The predicted molar refractivity (Wildman–Crippen MR) is 64.0 cm³/mol. The standard InChI is InChI=1S/C8H11.C5H5.CH2.2ClH.Zr/c1-6-4-7(2)8(3)5-6;1-2-4-5-3-1;;;;/h4,6H,1-3H3;1-3H,4H2;1H2;2*1H;/q2*-1;;;;+2/p-2. The molecule has 94 valence electrons. The van der Waals surface area contributed by atoms with E-state index in [4.69, 9.17) is 0 Å². The fraction of sp³-hybridized carbons (Fsp3) is 0.357. The molecule has 0 nitrogen and oxygen atoms in total. The maximum atomic E-state index is 3.34. The third kappa shape index (κ3) is 11.1.